The van der Waals surface area contributed by atoms with Crippen LogP contribution in [-0.2, 0) is 14.9 Å². The van der Waals surface area contributed by atoms with E-state index < -0.39 is 0 Å². The summed E-state index contributed by atoms with van der Waals surface area (Å²) >= 11 is 0. The third-order valence-electron chi connectivity index (χ3n) is 5.80. The molecule has 0 saturated carbocycles. The smallest absolute Gasteiger partial charge is 0.219 e. The highest BCUT2D eigenvalue weighted by atomic mass is 127. The minimum Gasteiger partial charge on any atom is -0.381 e. The zero-order valence-corrected chi connectivity index (χ0v) is 19.7. The van der Waals surface area contributed by atoms with E-state index >= 15 is 0 Å². The minimum absolute atomic E-state index is 0. The number of rotatable bonds is 4. The Labute approximate surface area is 189 Å². The molecular formula is C21H32FIN4O2. The van der Waals surface area contributed by atoms with Crippen LogP contribution in [0.2, 0.25) is 0 Å². The molecule has 1 aromatic carbocycles. The molecule has 162 valence electrons. The van der Waals surface area contributed by atoms with Gasteiger partial charge in [-0.1, -0.05) is 12.1 Å². The van der Waals surface area contributed by atoms with Crippen LogP contribution in [0.3, 0.4) is 0 Å². The Morgan fingerprint density at radius 3 is 2.28 bits per heavy atom. The van der Waals surface area contributed by atoms with Crippen molar-refractivity contribution in [3.05, 3.63) is 35.6 Å². The first-order valence-electron chi connectivity index (χ1n) is 10.2. The van der Waals surface area contributed by atoms with Crippen molar-refractivity contribution in [2.75, 3.05) is 52.5 Å². The molecule has 8 heteroatoms. The summed E-state index contributed by atoms with van der Waals surface area (Å²) in [5.74, 6) is 0.795. The molecule has 2 saturated heterocycles. The SMILES string of the molecule is CCNC(=NCC1(c2ccc(F)cc2)CCOCC1)N1CCN(C(C)=O)CC1.I. The summed E-state index contributed by atoms with van der Waals surface area (Å²) in [7, 11) is 0. The number of hydrogen-bond acceptors (Lipinski definition) is 3. The molecule has 0 atom stereocenters. The molecule has 2 heterocycles. The molecule has 0 aromatic heterocycles. The van der Waals surface area contributed by atoms with E-state index in [0.717, 1.165) is 57.1 Å². The topological polar surface area (TPSA) is 57.2 Å². The van der Waals surface area contributed by atoms with Gasteiger partial charge in [0.1, 0.15) is 5.82 Å². The van der Waals surface area contributed by atoms with E-state index in [1.54, 1.807) is 6.92 Å². The third kappa shape index (κ3) is 6.04. The Morgan fingerprint density at radius 1 is 1.14 bits per heavy atom. The lowest BCUT2D eigenvalue weighted by molar-refractivity contribution is -0.130. The fourth-order valence-corrected chi connectivity index (χ4v) is 3.99. The number of carbonyl (C=O) groups excluding carboxylic acids is 1. The number of aliphatic imine (C=N–C) groups is 1. The first-order chi connectivity index (χ1) is 13.5. The van der Waals surface area contributed by atoms with Gasteiger partial charge in [0.25, 0.3) is 0 Å². The van der Waals surface area contributed by atoms with Crippen molar-refractivity contribution in [3.8, 4) is 0 Å². The minimum atomic E-state index is -0.217. The highest BCUT2D eigenvalue weighted by Crippen LogP contribution is 2.35. The third-order valence-corrected chi connectivity index (χ3v) is 5.80. The summed E-state index contributed by atoms with van der Waals surface area (Å²) < 4.78 is 19.0. The van der Waals surface area contributed by atoms with E-state index in [-0.39, 0.29) is 41.1 Å². The van der Waals surface area contributed by atoms with Gasteiger partial charge < -0.3 is 19.9 Å². The average Bonchev–Trinajstić information content (AvgIpc) is 2.72. The lowest BCUT2D eigenvalue weighted by Crippen LogP contribution is -2.53. The molecule has 2 aliphatic rings. The number of guanidine groups is 1. The normalized spacial score (nSPS) is 19.5. The molecule has 3 rings (SSSR count). The van der Waals surface area contributed by atoms with Crippen LogP contribution in [0, 0.1) is 5.82 Å². The van der Waals surface area contributed by atoms with Crippen molar-refractivity contribution >= 4 is 35.8 Å². The van der Waals surface area contributed by atoms with Crippen LogP contribution in [0.25, 0.3) is 0 Å². The fraction of sp³-hybridized carbons (Fsp3) is 0.619. The van der Waals surface area contributed by atoms with Gasteiger partial charge >= 0.3 is 0 Å². The van der Waals surface area contributed by atoms with Crippen LogP contribution in [-0.4, -0.2) is 74.1 Å². The van der Waals surface area contributed by atoms with Gasteiger partial charge in [-0.15, -0.1) is 24.0 Å². The quantitative estimate of drug-likeness (QED) is 0.379. The van der Waals surface area contributed by atoms with Gasteiger partial charge in [-0.2, -0.15) is 0 Å². The molecule has 0 unspecified atom stereocenters. The number of benzene rings is 1. The molecule has 1 aromatic rings. The predicted molar refractivity (Wildman–Crippen MR) is 123 cm³/mol. The number of halogens is 2. The first kappa shape index (κ1) is 23.9. The monoisotopic (exact) mass is 518 g/mol. The van der Waals surface area contributed by atoms with Crippen molar-refractivity contribution in [2.24, 2.45) is 4.99 Å². The Kier molecular flexibility index (Phi) is 9.13. The average molecular weight is 518 g/mol. The van der Waals surface area contributed by atoms with Crippen molar-refractivity contribution in [1.29, 1.82) is 0 Å². The molecule has 29 heavy (non-hydrogen) atoms. The van der Waals surface area contributed by atoms with Crippen LogP contribution in [0.1, 0.15) is 32.3 Å². The van der Waals surface area contributed by atoms with Gasteiger partial charge in [0.15, 0.2) is 5.96 Å². The Bertz CT molecular complexity index is 684. The Hall–Kier alpha value is -1.42. The van der Waals surface area contributed by atoms with Crippen LogP contribution in [0.5, 0.6) is 0 Å². The van der Waals surface area contributed by atoms with Crippen LogP contribution >= 0.6 is 24.0 Å². The molecule has 2 aliphatic heterocycles. The maximum absolute atomic E-state index is 13.4. The van der Waals surface area contributed by atoms with Gasteiger partial charge in [-0.3, -0.25) is 9.79 Å². The summed E-state index contributed by atoms with van der Waals surface area (Å²) in [6.45, 7) is 9.48. The van der Waals surface area contributed by atoms with Crippen molar-refractivity contribution in [1.82, 2.24) is 15.1 Å². The molecule has 6 nitrogen and oxygen atoms in total. The molecule has 0 spiro atoms. The zero-order valence-electron chi connectivity index (χ0n) is 17.3. The zero-order chi connectivity index (χ0) is 20.0. The molecular weight excluding hydrogens is 486 g/mol. The first-order valence-corrected chi connectivity index (χ1v) is 10.2. The standard InChI is InChI=1S/C21H31FN4O2.HI/c1-3-23-20(26-12-10-25(11-13-26)17(2)27)24-16-21(8-14-28-15-9-21)18-4-6-19(22)7-5-18;/h4-7H,3,8-16H2,1-2H3,(H,23,24);1H. The van der Waals surface area contributed by atoms with E-state index in [4.69, 9.17) is 9.73 Å². The molecule has 2 fully saturated rings. The number of hydrogen-bond donors (Lipinski definition) is 1. The molecule has 0 bridgehead atoms. The summed E-state index contributed by atoms with van der Waals surface area (Å²) in [6, 6.07) is 6.83. The predicted octanol–water partition coefficient (Wildman–Crippen LogP) is 2.62. The van der Waals surface area contributed by atoms with Crippen LogP contribution < -0.4 is 5.32 Å². The highest BCUT2D eigenvalue weighted by molar-refractivity contribution is 14.0. The number of carbonyl (C=O) groups is 1. The van der Waals surface area contributed by atoms with Gasteiger partial charge in [-0.25, -0.2) is 4.39 Å². The summed E-state index contributed by atoms with van der Waals surface area (Å²) in [5, 5.41) is 3.40. The van der Waals surface area contributed by atoms with Crippen molar-refractivity contribution < 1.29 is 13.9 Å². The lowest BCUT2D eigenvalue weighted by atomic mass is 9.74. The van der Waals surface area contributed by atoms with E-state index in [9.17, 15) is 9.18 Å². The lowest BCUT2D eigenvalue weighted by Gasteiger charge is -2.38. The van der Waals surface area contributed by atoms with E-state index in [1.165, 1.54) is 12.1 Å². The van der Waals surface area contributed by atoms with Crippen LogP contribution in [0.4, 0.5) is 4.39 Å². The van der Waals surface area contributed by atoms with E-state index in [1.807, 2.05) is 17.0 Å². The second kappa shape index (κ2) is 11.1. The number of nitrogens with zero attached hydrogens (tertiary/aromatic N) is 3. The van der Waals surface area contributed by atoms with Gasteiger partial charge in [0, 0.05) is 58.3 Å². The largest absolute Gasteiger partial charge is 0.381 e. The van der Waals surface area contributed by atoms with E-state index in [2.05, 4.69) is 17.1 Å². The van der Waals surface area contributed by atoms with Crippen molar-refractivity contribution in [2.45, 2.75) is 32.1 Å². The number of amides is 1. The Morgan fingerprint density at radius 2 is 1.72 bits per heavy atom. The summed E-state index contributed by atoms with van der Waals surface area (Å²) in [5.41, 5.74) is 0.992. The number of piperazine rings is 1. The second-order valence-electron chi connectivity index (χ2n) is 7.56. The second-order valence-corrected chi connectivity index (χ2v) is 7.56. The maximum atomic E-state index is 13.4. The molecule has 1 amide bonds. The Balaban J connectivity index is 0.00000300. The van der Waals surface area contributed by atoms with Gasteiger partial charge in [0.2, 0.25) is 5.91 Å². The maximum Gasteiger partial charge on any atom is 0.219 e. The van der Waals surface area contributed by atoms with Crippen LogP contribution in [0.15, 0.2) is 29.3 Å². The summed E-state index contributed by atoms with van der Waals surface area (Å²) in [4.78, 5) is 20.7. The number of ether oxygens (including phenoxy) is 1. The number of nitrogens with one attached hydrogen (secondary N) is 1. The molecule has 0 aliphatic carbocycles. The van der Waals surface area contributed by atoms with E-state index in [0.29, 0.717) is 19.8 Å². The molecule has 1 N–H and O–H groups in total. The van der Waals surface area contributed by atoms with Gasteiger partial charge in [-0.05, 0) is 37.5 Å². The van der Waals surface area contributed by atoms with Gasteiger partial charge in [0.05, 0.1) is 6.54 Å². The summed E-state index contributed by atoms with van der Waals surface area (Å²) in [6.07, 6.45) is 1.75. The highest BCUT2D eigenvalue weighted by Gasteiger charge is 2.35. The molecule has 0 radical (unpaired) electrons. The van der Waals surface area contributed by atoms with Crippen molar-refractivity contribution in [3.63, 3.8) is 0 Å². The fourth-order valence-electron chi connectivity index (χ4n) is 3.99.